The summed E-state index contributed by atoms with van der Waals surface area (Å²) < 4.78 is 0. The summed E-state index contributed by atoms with van der Waals surface area (Å²) in [5.74, 6) is -1.69. The van der Waals surface area contributed by atoms with Crippen LogP contribution >= 0.6 is 0 Å². The predicted octanol–water partition coefficient (Wildman–Crippen LogP) is 1.29. The van der Waals surface area contributed by atoms with Crippen molar-refractivity contribution in [1.29, 1.82) is 0 Å². The van der Waals surface area contributed by atoms with Gasteiger partial charge in [0.15, 0.2) is 0 Å². The van der Waals surface area contributed by atoms with E-state index in [1.54, 1.807) is 0 Å². The van der Waals surface area contributed by atoms with Gasteiger partial charge in [-0.25, -0.2) is 0 Å². The number of rotatable bonds is 2. The fourth-order valence-electron chi connectivity index (χ4n) is 3.35. The molecule has 20 heavy (non-hydrogen) atoms. The molecule has 2 aliphatic rings. The van der Waals surface area contributed by atoms with Crippen molar-refractivity contribution in [3.63, 3.8) is 0 Å². The van der Waals surface area contributed by atoms with E-state index in [1.807, 2.05) is 18.7 Å². The first-order valence-electron chi connectivity index (χ1n) is 7.33. The molecular formula is C15H26N2O3. The van der Waals surface area contributed by atoms with Gasteiger partial charge in [0.05, 0.1) is 11.8 Å². The van der Waals surface area contributed by atoms with Gasteiger partial charge in [-0.1, -0.05) is 13.8 Å². The Hall–Kier alpha value is -1.10. The largest absolute Gasteiger partial charge is 0.481 e. The lowest BCUT2D eigenvalue weighted by Crippen LogP contribution is -2.55. The Bertz CT molecular complexity index is 417. The van der Waals surface area contributed by atoms with Crippen LogP contribution in [0.2, 0.25) is 0 Å². The van der Waals surface area contributed by atoms with Crippen molar-refractivity contribution >= 4 is 11.9 Å². The third kappa shape index (κ3) is 2.55. The highest BCUT2D eigenvalue weighted by Crippen LogP contribution is 2.59. The molecule has 1 heterocycles. The van der Waals surface area contributed by atoms with Crippen LogP contribution in [0.15, 0.2) is 0 Å². The lowest BCUT2D eigenvalue weighted by molar-refractivity contribution is -0.142. The second kappa shape index (κ2) is 4.72. The van der Waals surface area contributed by atoms with Crippen LogP contribution in [0.1, 0.15) is 34.6 Å². The van der Waals surface area contributed by atoms with E-state index in [2.05, 4.69) is 25.7 Å². The first kappa shape index (κ1) is 15.3. The van der Waals surface area contributed by atoms with Crippen molar-refractivity contribution in [2.45, 2.75) is 40.2 Å². The van der Waals surface area contributed by atoms with Crippen LogP contribution in [-0.4, -0.2) is 58.5 Å². The Kier molecular flexibility index (Phi) is 3.61. The summed E-state index contributed by atoms with van der Waals surface area (Å²) in [6.07, 6.45) is 0. The van der Waals surface area contributed by atoms with Crippen molar-refractivity contribution in [2.75, 3.05) is 26.2 Å². The van der Waals surface area contributed by atoms with Gasteiger partial charge in [-0.2, -0.15) is 0 Å². The average molecular weight is 282 g/mol. The van der Waals surface area contributed by atoms with Gasteiger partial charge >= 0.3 is 5.97 Å². The fraction of sp³-hybridized carbons (Fsp3) is 0.867. The zero-order valence-electron chi connectivity index (χ0n) is 13.1. The number of aliphatic carboxylic acids is 1. The zero-order valence-corrected chi connectivity index (χ0v) is 13.1. The molecule has 0 aromatic carbocycles. The summed E-state index contributed by atoms with van der Waals surface area (Å²) in [6, 6.07) is 0. The van der Waals surface area contributed by atoms with E-state index in [-0.39, 0.29) is 17.4 Å². The molecule has 2 rings (SSSR count). The summed E-state index contributed by atoms with van der Waals surface area (Å²) in [6.45, 7) is 13.4. The van der Waals surface area contributed by atoms with Crippen molar-refractivity contribution in [3.05, 3.63) is 0 Å². The SMILES string of the molecule is CC1(C)[C@H](C(=O)O)[C@@H]1C(=O)N1CCN(C(C)(C)C)CC1. The van der Waals surface area contributed by atoms with E-state index >= 15 is 0 Å². The van der Waals surface area contributed by atoms with Crippen LogP contribution in [0.3, 0.4) is 0 Å². The molecule has 0 radical (unpaired) electrons. The lowest BCUT2D eigenvalue weighted by atomic mass is 10.0. The van der Waals surface area contributed by atoms with E-state index in [4.69, 9.17) is 0 Å². The summed E-state index contributed by atoms with van der Waals surface area (Å²) in [7, 11) is 0. The molecule has 2 atom stereocenters. The number of carboxylic acid groups (broad SMARTS) is 1. The highest BCUT2D eigenvalue weighted by Gasteiger charge is 2.66. The van der Waals surface area contributed by atoms with E-state index in [1.165, 1.54) is 0 Å². The topological polar surface area (TPSA) is 60.9 Å². The average Bonchev–Trinajstić information content (AvgIpc) is 2.90. The van der Waals surface area contributed by atoms with E-state index in [0.717, 1.165) is 13.1 Å². The fourth-order valence-corrected chi connectivity index (χ4v) is 3.35. The van der Waals surface area contributed by atoms with Crippen molar-refractivity contribution in [1.82, 2.24) is 9.80 Å². The molecule has 1 N–H and O–H groups in total. The molecule has 1 saturated carbocycles. The molecular weight excluding hydrogens is 256 g/mol. The zero-order chi connectivity index (χ0) is 15.3. The second-order valence-electron chi connectivity index (χ2n) is 7.60. The summed E-state index contributed by atoms with van der Waals surface area (Å²) in [4.78, 5) is 27.9. The Balaban J connectivity index is 1.95. The van der Waals surface area contributed by atoms with Gasteiger partial charge in [-0.15, -0.1) is 0 Å². The number of nitrogens with zero attached hydrogens (tertiary/aromatic N) is 2. The molecule has 5 nitrogen and oxygen atoms in total. The molecule has 0 aromatic heterocycles. The Morgan fingerprint density at radius 3 is 1.90 bits per heavy atom. The summed E-state index contributed by atoms with van der Waals surface area (Å²) in [5.41, 5.74) is -0.276. The van der Waals surface area contributed by atoms with Gasteiger partial charge in [0.2, 0.25) is 5.91 Å². The number of carboxylic acids is 1. The maximum absolute atomic E-state index is 12.5. The number of piperazine rings is 1. The highest BCUT2D eigenvalue weighted by atomic mass is 16.4. The van der Waals surface area contributed by atoms with E-state index in [0.29, 0.717) is 13.1 Å². The molecule has 0 aromatic rings. The molecule has 5 heteroatoms. The smallest absolute Gasteiger partial charge is 0.307 e. The predicted molar refractivity (Wildman–Crippen MR) is 76.3 cm³/mol. The monoisotopic (exact) mass is 282 g/mol. The maximum atomic E-state index is 12.5. The highest BCUT2D eigenvalue weighted by molar-refractivity contribution is 5.91. The van der Waals surface area contributed by atoms with Gasteiger partial charge in [-0.05, 0) is 26.2 Å². The number of hydrogen-bond acceptors (Lipinski definition) is 3. The first-order valence-corrected chi connectivity index (χ1v) is 7.33. The minimum absolute atomic E-state index is 0.0240. The molecule has 0 unspecified atom stereocenters. The Morgan fingerprint density at radius 2 is 1.55 bits per heavy atom. The molecule has 1 aliphatic heterocycles. The first-order chi connectivity index (χ1) is 9.06. The number of hydrogen-bond donors (Lipinski definition) is 1. The minimum Gasteiger partial charge on any atom is -0.481 e. The van der Waals surface area contributed by atoms with Crippen LogP contribution in [-0.2, 0) is 9.59 Å². The number of carbonyl (C=O) groups excluding carboxylic acids is 1. The molecule has 0 bridgehead atoms. The minimum atomic E-state index is -0.846. The van der Waals surface area contributed by atoms with Gasteiger partial charge in [0.1, 0.15) is 0 Å². The standard InChI is InChI=1S/C15H26N2O3/c1-14(2,3)17-8-6-16(7-9-17)12(18)10-11(13(19)20)15(10,4)5/h10-11H,6-9H2,1-5H3,(H,19,20)/t10-,11+/m1/s1. The maximum Gasteiger partial charge on any atom is 0.307 e. The molecule has 1 amide bonds. The van der Waals surface area contributed by atoms with Gasteiger partial charge in [0.25, 0.3) is 0 Å². The molecule has 2 fully saturated rings. The van der Waals surface area contributed by atoms with Crippen molar-refractivity contribution in [2.24, 2.45) is 17.3 Å². The van der Waals surface area contributed by atoms with Crippen LogP contribution in [0.5, 0.6) is 0 Å². The van der Waals surface area contributed by atoms with E-state index < -0.39 is 17.3 Å². The second-order valence-corrected chi connectivity index (χ2v) is 7.60. The summed E-state index contributed by atoms with van der Waals surface area (Å²) in [5, 5.41) is 9.18. The molecule has 0 spiro atoms. The van der Waals surface area contributed by atoms with Gasteiger partial charge in [0, 0.05) is 31.7 Å². The van der Waals surface area contributed by atoms with Crippen molar-refractivity contribution in [3.8, 4) is 0 Å². The van der Waals surface area contributed by atoms with E-state index in [9.17, 15) is 14.7 Å². The van der Waals surface area contributed by atoms with Crippen LogP contribution in [0.25, 0.3) is 0 Å². The van der Waals surface area contributed by atoms with Gasteiger partial charge < -0.3 is 10.0 Å². The number of amides is 1. The van der Waals surface area contributed by atoms with Crippen LogP contribution < -0.4 is 0 Å². The third-order valence-corrected chi connectivity index (χ3v) is 4.90. The Morgan fingerprint density at radius 1 is 1.05 bits per heavy atom. The van der Waals surface area contributed by atoms with Crippen molar-refractivity contribution < 1.29 is 14.7 Å². The van der Waals surface area contributed by atoms with Crippen LogP contribution in [0, 0.1) is 17.3 Å². The molecule has 1 saturated heterocycles. The molecule has 1 aliphatic carbocycles. The van der Waals surface area contributed by atoms with Crippen LogP contribution in [0.4, 0.5) is 0 Å². The normalized spacial score (nSPS) is 30.1. The quantitative estimate of drug-likeness (QED) is 0.829. The number of carbonyl (C=O) groups is 2. The van der Waals surface area contributed by atoms with Gasteiger partial charge in [-0.3, -0.25) is 14.5 Å². The Labute approximate surface area is 120 Å². The summed E-state index contributed by atoms with van der Waals surface area (Å²) >= 11 is 0. The third-order valence-electron chi connectivity index (χ3n) is 4.90. The lowest BCUT2D eigenvalue weighted by Gasteiger charge is -2.42. The molecule has 114 valence electrons.